The van der Waals surface area contributed by atoms with Gasteiger partial charge < -0.3 is 10.1 Å². The molecular formula is C19H16N2O3S2. The van der Waals surface area contributed by atoms with Gasteiger partial charge in [-0.2, -0.15) is 0 Å². The number of para-hydroxylation sites is 2. The maximum atomic E-state index is 12.4. The second-order valence-corrected chi connectivity index (χ2v) is 7.19. The molecule has 1 aliphatic heterocycles. The third kappa shape index (κ3) is 3.79. The molecule has 5 nitrogen and oxygen atoms in total. The van der Waals surface area contributed by atoms with Crippen molar-refractivity contribution in [3.63, 3.8) is 0 Å². The monoisotopic (exact) mass is 384 g/mol. The minimum atomic E-state index is -0.235. The van der Waals surface area contributed by atoms with Gasteiger partial charge in [0.2, 0.25) is 0 Å². The molecule has 1 saturated heterocycles. The molecule has 0 atom stereocenters. The first-order chi connectivity index (χ1) is 12.5. The number of thiocarbonyl (C=S) groups is 1. The van der Waals surface area contributed by atoms with Gasteiger partial charge in [0, 0.05) is 12.6 Å². The Balaban J connectivity index is 1.74. The normalized spacial score (nSPS) is 15.5. The number of carbonyl (C=O) groups is 2. The molecule has 2 aromatic rings. The molecule has 1 aliphatic rings. The molecule has 0 unspecified atom stereocenters. The summed E-state index contributed by atoms with van der Waals surface area (Å²) in [5.41, 5.74) is 1.94. The van der Waals surface area contributed by atoms with E-state index in [9.17, 15) is 9.59 Å². The fourth-order valence-corrected chi connectivity index (χ4v) is 3.55. The molecule has 3 rings (SSSR count). The highest BCUT2D eigenvalue weighted by atomic mass is 32.2. The molecule has 2 amide bonds. The van der Waals surface area contributed by atoms with E-state index in [-0.39, 0.29) is 11.8 Å². The lowest BCUT2D eigenvalue weighted by Crippen LogP contribution is -2.22. The molecule has 0 radical (unpaired) electrons. The van der Waals surface area contributed by atoms with Gasteiger partial charge in [0.25, 0.3) is 11.8 Å². The molecule has 1 heterocycles. The van der Waals surface area contributed by atoms with E-state index in [4.69, 9.17) is 17.0 Å². The lowest BCUT2D eigenvalue weighted by molar-refractivity contribution is -0.121. The average molecular weight is 384 g/mol. The molecular weight excluding hydrogens is 368 g/mol. The van der Waals surface area contributed by atoms with Gasteiger partial charge in [0.05, 0.1) is 17.7 Å². The summed E-state index contributed by atoms with van der Waals surface area (Å²) >= 11 is 6.38. The van der Waals surface area contributed by atoms with Crippen LogP contribution < -0.4 is 10.1 Å². The van der Waals surface area contributed by atoms with Crippen molar-refractivity contribution < 1.29 is 14.3 Å². The van der Waals surface area contributed by atoms with Crippen molar-refractivity contribution in [2.75, 3.05) is 19.5 Å². The van der Waals surface area contributed by atoms with E-state index in [1.165, 1.54) is 16.7 Å². The molecule has 1 fully saturated rings. The van der Waals surface area contributed by atoms with E-state index in [1.54, 1.807) is 56.6 Å². The molecule has 26 heavy (non-hydrogen) atoms. The van der Waals surface area contributed by atoms with E-state index in [0.29, 0.717) is 26.2 Å². The minimum absolute atomic E-state index is 0.113. The van der Waals surface area contributed by atoms with Crippen LogP contribution in [-0.4, -0.2) is 35.2 Å². The summed E-state index contributed by atoms with van der Waals surface area (Å²) in [5, 5.41) is 2.83. The predicted octanol–water partition coefficient (Wildman–Crippen LogP) is 3.78. The SMILES string of the molecule is COc1ccccc1NC(=O)c1ccc(/C=C2/SC(=S)N(C)C2=O)cc1. The topological polar surface area (TPSA) is 58.6 Å². The van der Waals surface area contributed by atoms with Crippen LogP contribution >= 0.6 is 24.0 Å². The number of nitrogens with one attached hydrogen (secondary N) is 1. The standard InChI is InChI=1S/C19H16N2O3S2/c1-21-18(23)16(26-19(21)25)11-12-7-9-13(10-8-12)17(22)20-14-5-3-4-6-15(14)24-2/h3-11H,1-2H3,(H,20,22)/b16-11+. The molecule has 1 N–H and O–H groups in total. The summed E-state index contributed by atoms with van der Waals surface area (Å²) in [6.45, 7) is 0. The highest BCUT2D eigenvalue weighted by Gasteiger charge is 2.28. The molecule has 0 aliphatic carbocycles. The van der Waals surface area contributed by atoms with Gasteiger partial charge in [-0.15, -0.1) is 0 Å². The van der Waals surface area contributed by atoms with Crippen LogP contribution in [0, 0.1) is 0 Å². The van der Waals surface area contributed by atoms with Crippen LogP contribution in [0.25, 0.3) is 6.08 Å². The molecule has 7 heteroatoms. The minimum Gasteiger partial charge on any atom is -0.495 e. The Kier molecular flexibility index (Phi) is 5.39. The first-order valence-corrected chi connectivity index (χ1v) is 8.98. The second kappa shape index (κ2) is 7.72. The number of hydrogen-bond donors (Lipinski definition) is 1. The van der Waals surface area contributed by atoms with Crippen LogP contribution in [0.1, 0.15) is 15.9 Å². The van der Waals surface area contributed by atoms with Crippen molar-refractivity contribution >= 4 is 51.9 Å². The fourth-order valence-electron chi connectivity index (χ4n) is 2.37. The Hall–Kier alpha value is -2.64. The molecule has 132 valence electrons. The number of thioether (sulfide) groups is 1. The quantitative estimate of drug-likeness (QED) is 0.642. The van der Waals surface area contributed by atoms with E-state index in [0.717, 1.165) is 5.56 Å². The van der Waals surface area contributed by atoms with Gasteiger partial charge in [-0.3, -0.25) is 14.5 Å². The Morgan fingerprint density at radius 2 is 1.88 bits per heavy atom. The number of methoxy groups -OCH3 is 1. The predicted molar refractivity (Wildman–Crippen MR) is 108 cm³/mol. The molecule has 2 aromatic carbocycles. The summed E-state index contributed by atoms with van der Waals surface area (Å²) in [6.07, 6.45) is 1.77. The molecule has 0 bridgehead atoms. The first-order valence-electron chi connectivity index (χ1n) is 7.75. The van der Waals surface area contributed by atoms with Gasteiger partial charge in [-0.1, -0.05) is 48.2 Å². The van der Waals surface area contributed by atoms with Crippen molar-refractivity contribution in [1.82, 2.24) is 4.90 Å². The third-order valence-corrected chi connectivity index (χ3v) is 5.30. The first kappa shape index (κ1) is 18.2. The van der Waals surface area contributed by atoms with E-state index in [2.05, 4.69) is 5.32 Å². The van der Waals surface area contributed by atoms with Crippen molar-refractivity contribution in [3.05, 3.63) is 64.6 Å². The van der Waals surface area contributed by atoms with Crippen molar-refractivity contribution in [2.45, 2.75) is 0 Å². The number of carbonyl (C=O) groups excluding carboxylic acids is 2. The number of nitrogens with zero attached hydrogens (tertiary/aromatic N) is 1. The maximum Gasteiger partial charge on any atom is 0.265 e. The zero-order valence-electron chi connectivity index (χ0n) is 14.2. The lowest BCUT2D eigenvalue weighted by atomic mass is 10.1. The Morgan fingerprint density at radius 1 is 1.19 bits per heavy atom. The second-order valence-electron chi connectivity index (χ2n) is 5.52. The smallest absolute Gasteiger partial charge is 0.265 e. The van der Waals surface area contributed by atoms with Crippen LogP contribution in [0.5, 0.6) is 5.75 Å². The molecule has 0 spiro atoms. The maximum absolute atomic E-state index is 12.4. The number of benzene rings is 2. The third-order valence-electron chi connectivity index (χ3n) is 3.81. The lowest BCUT2D eigenvalue weighted by Gasteiger charge is -2.10. The van der Waals surface area contributed by atoms with Gasteiger partial charge in [0.15, 0.2) is 0 Å². The Bertz CT molecular complexity index is 907. The summed E-state index contributed by atoms with van der Waals surface area (Å²) in [7, 11) is 3.21. The van der Waals surface area contributed by atoms with Crippen LogP contribution in [0.2, 0.25) is 0 Å². The van der Waals surface area contributed by atoms with Crippen LogP contribution in [0.3, 0.4) is 0 Å². The summed E-state index contributed by atoms with van der Waals surface area (Å²) in [6, 6.07) is 14.2. The van der Waals surface area contributed by atoms with Gasteiger partial charge >= 0.3 is 0 Å². The highest BCUT2D eigenvalue weighted by molar-refractivity contribution is 8.26. The van der Waals surface area contributed by atoms with E-state index in [1.807, 2.05) is 12.1 Å². The summed E-state index contributed by atoms with van der Waals surface area (Å²) in [5.74, 6) is 0.248. The van der Waals surface area contributed by atoms with Crippen LogP contribution in [0.4, 0.5) is 5.69 Å². The number of ether oxygens (including phenoxy) is 1. The fraction of sp³-hybridized carbons (Fsp3) is 0.105. The van der Waals surface area contributed by atoms with Gasteiger partial charge in [0.1, 0.15) is 10.1 Å². The van der Waals surface area contributed by atoms with Gasteiger partial charge in [-0.05, 0) is 35.9 Å². The summed E-state index contributed by atoms with van der Waals surface area (Å²) < 4.78 is 5.77. The average Bonchev–Trinajstić information content (AvgIpc) is 2.89. The van der Waals surface area contributed by atoms with Crippen LogP contribution in [-0.2, 0) is 4.79 Å². The number of rotatable bonds is 4. The highest BCUT2D eigenvalue weighted by Crippen LogP contribution is 2.31. The van der Waals surface area contributed by atoms with Crippen molar-refractivity contribution in [2.24, 2.45) is 0 Å². The van der Waals surface area contributed by atoms with E-state index < -0.39 is 0 Å². The number of amides is 2. The van der Waals surface area contributed by atoms with Crippen molar-refractivity contribution in [3.8, 4) is 5.75 Å². The largest absolute Gasteiger partial charge is 0.495 e. The number of hydrogen-bond acceptors (Lipinski definition) is 5. The number of likely N-dealkylation sites (N-methyl/N-ethyl adjacent to an activating group) is 1. The zero-order chi connectivity index (χ0) is 18.7. The Labute approximate surface area is 161 Å². The molecule has 0 aromatic heterocycles. The van der Waals surface area contributed by atoms with Gasteiger partial charge in [-0.25, -0.2) is 0 Å². The zero-order valence-corrected chi connectivity index (χ0v) is 15.8. The number of anilines is 1. The van der Waals surface area contributed by atoms with Crippen molar-refractivity contribution in [1.29, 1.82) is 0 Å². The molecule has 0 saturated carbocycles. The van der Waals surface area contributed by atoms with Crippen LogP contribution in [0.15, 0.2) is 53.4 Å². The summed E-state index contributed by atoms with van der Waals surface area (Å²) in [4.78, 5) is 26.5. The Morgan fingerprint density at radius 3 is 2.50 bits per heavy atom. The van der Waals surface area contributed by atoms with E-state index >= 15 is 0 Å².